The molecule has 1 aliphatic heterocycles. The second-order valence-electron chi connectivity index (χ2n) is 5.07. The summed E-state index contributed by atoms with van der Waals surface area (Å²) in [6, 6.07) is 6.10. The van der Waals surface area contributed by atoms with E-state index in [1.165, 1.54) is 4.90 Å². The standard InChI is InChI=1S/C14H17BrN4O/c15-11-1-2-13-12(9-11)14(17-10-16-13)19-5-3-18(4-6-19)7-8-20/h1-2,9-10,20H,3-8H2/p+1. The SMILES string of the molecule is OCC[NH+]1CCN(c2ncnc3ccc(Br)cc23)CC1. The summed E-state index contributed by atoms with van der Waals surface area (Å²) >= 11 is 3.51. The number of anilines is 1. The lowest BCUT2D eigenvalue weighted by Gasteiger charge is -2.33. The summed E-state index contributed by atoms with van der Waals surface area (Å²) in [6.07, 6.45) is 1.64. The topological polar surface area (TPSA) is 53.7 Å². The molecule has 1 aliphatic rings. The fraction of sp³-hybridized carbons (Fsp3) is 0.429. The van der Waals surface area contributed by atoms with Crippen molar-refractivity contribution in [2.75, 3.05) is 44.2 Å². The number of aromatic nitrogens is 2. The predicted molar refractivity (Wildman–Crippen MR) is 82.1 cm³/mol. The predicted octanol–water partition coefficient (Wildman–Crippen LogP) is 0.0895. The Hall–Kier alpha value is -1.24. The van der Waals surface area contributed by atoms with E-state index in [4.69, 9.17) is 5.11 Å². The minimum Gasteiger partial charge on any atom is -0.391 e. The zero-order valence-corrected chi connectivity index (χ0v) is 12.8. The Balaban J connectivity index is 1.86. The van der Waals surface area contributed by atoms with Crippen molar-refractivity contribution >= 4 is 32.7 Å². The van der Waals surface area contributed by atoms with Crippen molar-refractivity contribution in [1.29, 1.82) is 0 Å². The minimum absolute atomic E-state index is 0.263. The highest BCUT2D eigenvalue weighted by molar-refractivity contribution is 9.10. The van der Waals surface area contributed by atoms with Gasteiger partial charge >= 0.3 is 0 Å². The van der Waals surface area contributed by atoms with Crippen LogP contribution < -0.4 is 9.80 Å². The van der Waals surface area contributed by atoms with Crippen LogP contribution in [0.15, 0.2) is 29.0 Å². The number of nitrogens with one attached hydrogen (secondary N) is 1. The third-order valence-corrected chi connectivity index (χ3v) is 4.31. The van der Waals surface area contributed by atoms with Crippen LogP contribution in [0.4, 0.5) is 5.82 Å². The Morgan fingerprint density at radius 3 is 2.80 bits per heavy atom. The maximum atomic E-state index is 9.01. The Morgan fingerprint density at radius 1 is 1.25 bits per heavy atom. The molecule has 20 heavy (non-hydrogen) atoms. The molecule has 1 saturated heterocycles. The van der Waals surface area contributed by atoms with Gasteiger partial charge in [0.1, 0.15) is 18.7 Å². The largest absolute Gasteiger partial charge is 0.391 e. The fourth-order valence-corrected chi connectivity index (χ4v) is 3.07. The number of nitrogens with zero attached hydrogens (tertiary/aromatic N) is 3. The molecule has 0 unspecified atom stereocenters. The van der Waals surface area contributed by atoms with Gasteiger partial charge in [0, 0.05) is 9.86 Å². The maximum absolute atomic E-state index is 9.01. The van der Waals surface area contributed by atoms with Gasteiger partial charge in [0.15, 0.2) is 0 Å². The van der Waals surface area contributed by atoms with E-state index in [0.29, 0.717) is 0 Å². The second kappa shape index (κ2) is 6.03. The first kappa shape index (κ1) is 13.7. The van der Waals surface area contributed by atoms with Crippen LogP contribution in [0.3, 0.4) is 0 Å². The molecule has 0 saturated carbocycles. The summed E-state index contributed by atoms with van der Waals surface area (Å²) in [6.45, 7) is 5.12. The number of benzene rings is 1. The van der Waals surface area contributed by atoms with Crippen molar-refractivity contribution in [2.24, 2.45) is 0 Å². The van der Waals surface area contributed by atoms with Gasteiger partial charge < -0.3 is 14.9 Å². The van der Waals surface area contributed by atoms with Gasteiger partial charge in [-0.3, -0.25) is 0 Å². The van der Waals surface area contributed by atoms with Crippen molar-refractivity contribution in [2.45, 2.75) is 0 Å². The maximum Gasteiger partial charge on any atom is 0.140 e. The Bertz CT molecular complexity index is 599. The molecule has 0 bridgehead atoms. The van der Waals surface area contributed by atoms with E-state index in [9.17, 15) is 0 Å². The van der Waals surface area contributed by atoms with E-state index in [-0.39, 0.29) is 6.61 Å². The molecule has 0 spiro atoms. The average molecular weight is 338 g/mol. The van der Waals surface area contributed by atoms with Crippen LogP contribution in [0.5, 0.6) is 0 Å². The minimum atomic E-state index is 0.263. The van der Waals surface area contributed by atoms with Gasteiger partial charge in [0.05, 0.1) is 38.3 Å². The third-order valence-electron chi connectivity index (χ3n) is 3.81. The smallest absolute Gasteiger partial charge is 0.140 e. The fourth-order valence-electron chi connectivity index (χ4n) is 2.71. The van der Waals surface area contributed by atoms with Crippen LogP contribution in [-0.4, -0.2) is 54.4 Å². The van der Waals surface area contributed by atoms with E-state index in [2.05, 4.69) is 36.9 Å². The molecule has 0 radical (unpaired) electrons. The first-order valence-electron chi connectivity index (χ1n) is 6.87. The van der Waals surface area contributed by atoms with Crippen molar-refractivity contribution in [1.82, 2.24) is 9.97 Å². The summed E-state index contributed by atoms with van der Waals surface area (Å²) in [7, 11) is 0. The molecule has 1 fully saturated rings. The summed E-state index contributed by atoms with van der Waals surface area (Å²) in [5.41, 5.74) is 0.975. The molecular formula is C14H18BrN4O+. The molecular weight excluding hydrogens is 320 g/mol. The molecule has 106 valence electrons. The van der Waals surface area contributed by atoms with Gasteiger partial charge in [-0.1, -0.05) is 15.9 Å². The summed E-state index contributed by atoms with van der Waals surface area (Å²) < 4.78 is 1.05. The Labute approximate surface area is 126 Å². The van der Waals surface area contributed by atoms with E-state index >= 15 is 0 Å². The average Bonchev–Trinajstić information content (AvgIpc) is 2.48. The van der Waals surface area contributed by atoms with Crippen LogP contribution in [-0.2, 0) is 0 Å². The van der Waals surface area contributed by atoms with Crippen molar-refractivity contribution in [3.63, 3.8) is 0 Å². The van der Waals surface area contributed by atoms with Crippen LogP contribution in [0.25, 0.3) is 10.9 Å². The van der Waals surface area contributed by atoms with E-state index in [1.54, 1.807) is 6.33 Å². The van der Waals surface area contributed by atoms with Gasteiger partial charge in [-0.05, 0) is 18.2 Å². The van der Waals surface area contributed by atoms with Gasteiger partial charge in [0.25, 0.3) is 0 Å². The monoisotopic (exact) mass is 337 g/mol. The molecule has 1 aromatic heterocycles. The Kier molecular flexibility index (Phi) is 4.14. The quantitative estimate of drug-likeness (QED) is 0.833. The number of hydrogen-bond donors (Lipinski definition) is 2. The zero-order valence-electron chi connectivity index (χ0n) is 11.2. The highest BCUT2D eigenvalue weighted by Gasteiger charge is 2.21. The van der Waals surface area contributed by atoms with E-state index < -0.39 is 0 Å². The van der Waals surface area contributed by atoms with Crippen LogP contribution >= 0.6 is 15.9 Å². The molecule has 1 aromatic carbocycles. The normalized spacial score (nSPS) is 16.8. The molecule has 6 heteroatoms. The van der Waals surface area contributed by atoms with Gasteiger partial charge in [0.2, 0.25) is 0 Å². The third kappa shape index (κ3) is 2.77. The summed E-state index contributed by atoms with van der Waals surface area (Å²) in [5.74, 6) is 1.01. The Morgan fingerprint density at radius 2 is 2.05 bits per heavy atom. The molecule has 2 N–H and O–H groups in total. The lowest BCUT2D eigenvalue weighted by Crippen LogP contribution is -3.15. The molecule has 2 heterocycles. The highest BCUT2D eigenvalue weighted by atomic mass is 79.9. The number of rotatable bonds is 3. The highest BCUT2D eigenvalue weighted by Crippen LogP contribution is 2.25. The molecule has 0 amide bonds. The number of aliphatic hydroxyl groups is 1. The van der Waals surface area contributed by atoms with Gasteiger partial charge in [-0.25, -0.2) is 9.97 Å². The lowest BCUT2D eigenvalue weighted by atomic mass is 10.2. The van der Waals surface area contributed by atoms with Gasteiger partial charge in [-0.2, -0.15) is 0 Å². The number of piperazine rings is 1. The second-order valence-corrected chi connectivity index (χ2v) is 5.99. The summed E-state index contributed by atoms with van der Waals surface area (Å²) in [4.78, 5) is 12.6. The molecule has 3 rings (SSSR count). The number of hydrogen-bond acceptors (Lipinski definition) is 4. The van der Waals surface area contributed by atoms with Crippen molar-refractivity contribution < 1.29 is 10.0 Å². The first-order valence-corrected chi connectivity index (χ1v) is 7.67. The van der Waals surface area contributed by atoms with E-state index in [1.807, 2.05) is 12.1 Å². The first-order chi connectivity index (χ1) is 9.78. The summed E-state index contributed by atoms with van der Waals surface area (Å²) in [5, 5.41) is 10.1. The van der Waals surface area contributed by atoms with Crippen LogP contribution in [0.2, 0.25) is 0 Å². The molecule has 2 aromatic rings. The lowest BCUT2D eigenvalue weighted by molar-refractivity contribution is -0.900. The van der Waals surface area contributed by atoms with Crippen LogP contribution in [0.1, 0.15) is 0 Å². The number of aliphatic hydroxyl groups excluding tert-OH is 1. The molecule has 0 aliphatic carbocycles. The molecule has 5 nitrogen and oxygen atoms in total. The number of fused-ring (bicyclic) bond motifs is 1. The number of quaternary nitrogens is 1. The zero-order chi connectivity index (χ0) is 13.9. The van der Waals surface area contributed by atoms with Crippen molar-refractivity contribution in [3.8, 4) is 0 Å². The van der Waals surface area contributed by atoms with Crippen molar-refractivity contribution in [3.05, 3.63) is 29.0 Å². The van der Waals surface area contributed by atoms with Gasteiger partial charge in [-0.15, -0.1) is 0 Å². The van der Waals surface area contributed by atoms with E-state index in [0.717, 1.165) is 53.9 Å². The van der Waals surface area contributed by atoms with Crippen LogP contribution in [0, 0.1) is 0 Å². The molecule has 0 atom stereocenters. The number of halogens is 1.